The summed E-state index contributed by atoms with van der Waals surface area (Å²) in [7, 11) is 0. The van der Waals surface area contributed by atoms with Crippen LogP contribution in [0.5, 0.6) is 0 Å². The fraction of sp³-hybridized carbons (Fsp3) is 0.200. The lowest BCUT2D eigenvalue weighted by atomic mass is 10.6. The highest BCUT2D eigenvalue weighted by Crippen LogP contribution is 2.16. The van der Waals surface area contributed by atoms with Crippen molar-refractivity contribution in [2.24, 2.45) is 0 Å². The van der Waals surface area contributed by atoms with E-state index in [0.717, 1.165) is 0 Å². The van der Waals surface area contributed by atoms with Crippen molar-refractivity contribution in [3.05, 3.63) is 18.4 Å². The molecule has 1 amide bonds. The molecule has 0 atom stereocenters. The predicted octanol–water partition coefficient (Wildman–Crippen LogP) is 0.825. The lowest BCUT2D eigenvalue weighted by Gasteiger charge is -2.08. The van der Waals surface area contributed by atoms with Gasteiger partial charge in [0, 0.05) is 6.92 Å². The largest absolute Gasteiger partial charge is 0.279 e. The Morgan fingerprint density at radius 1 is 1.88 bits per heavy atom. The first-order chi connectivity index (χ1) is 3.80. The van der Waals surface area contributed by atoms with Crippen LogP contribution in [0.3, 0.4) is 0 Å². The van der Waals surface area contributed by atoms with E-state index in [1.807, 2.05) is 11.5 Å². The van der Waals surface area contributed by atoms with Gasteiger partial charge in [0.15, 0.2) is 0 Å². The molecule has 0 aromatic rings. The van der Waals surface area contributed by atoms with Crippen molar-refractivity contribution in [3.63, 3.8) is 0 Å². The van der Waals surface area contributed by atoms with E-state index in [9.17, 15) is 4.79 Å². The van der Waals surface area contributed by atoms with Gasteiger partial charge >= 0.3 is 0 Å². The summed E-state index contributed by atoms with van der Waals surface area (Å²) in [6, 6.07) is 0. The maximum Gasteiger partial charge on any atom is 0.233 e. The number of amides is 1. The van der Waals surface area contributed by atoms with E-state index in [4.69, 9.17) is 0 Å². The monoisotopic (exact) mass is 128 g/mol. The Morgan fingerprint density at radius 2 is 2.62 bits per heavy atom. The van der Waals surface area contributed by atoms with Crippen molar-refractivity contribution in [1.29, 1.82) is 0 Å². The van der Waals surface area contributed by atoms with E-state index < -0.39 is 0 Å². The van der Waals surface area contributed by atoms with E-state index in [1.54, 1.807) is 4.31 Å². The van der Waals surface area contributed by atoms with Crippen molar-refractivity contribution in [1.82, 2.24) is 4.31 Å². The van der Waals surface area contributed by atoms with Crippen LogP contribution in [0.1, 0.15) is 0 Å². The fourth-order valence-corrected chi connectivity index (χ4v) is 1.07. The summed E-state index contributed by atoms with van der Waals surface area (Å²) in [5.41, 5.74) is 0. The van der Waals surface area contributed by atoms with Crippen molar-refractivity contribution >= 4 is 17.9 Å². The average molecular weight is 128 g/mol. The van der Waals surface area contributed by atoms with Gasteiger partial charge in [0.1, 0.15) is 0 Å². The summed E-state index contributed by atoms with van der Waals surface area (Å²) in [6.45, 7) is 3.95. The van der Waals surface area contributed by atoms with E-state index >= 15 is 0 Å². The Bertz CT molecular complexity index is 124. The quantitative estimate of drug-likeness (QED) is 0.450. The molecule has 1 aliphatic rings. The third-order valence-electron chi connectivity index (χ3n) is 0.834. The van der Waals surface area contributed by atoms with Gasteiger partial charge in [0.25, 0.3) is 0 Å². The summed E-state index contributed by atoms with van der Waals surface area (Å²) in [4.78, 5) is 10.4. The van der Waals surface area contributed by atoms with Crippen LogP contribution in [0.2, 0.25) is 0 Å². The molecular formula is C5H6NOS. The summed E-state index contributed by atoms with van der Waals surface area (Å²) in [5, 5.41) is 1.88. The highest BCUT2D eigenvalue weighted by Gasteiger charge is 2.08. The van der Waals surface area contributed by atoms with Gasteiger partial charge in [-0.15, -0.1) is 0 Å². The molecule has 1 radical (unpaired) electrons. The zero-order chi connectivity index (χ0) is 5.98. The molecule has 2 nitrogen and oxygen atoms in total. The molecule has 0 saturated carbocycles. The Kier molecular flexibility index (Phi) is 1.58. The Morgan fingerprint density at radius 3 is 2.88 bits per heavy atom. The highest BCUT2D eigenvalue weighted by molar-refractivity contribution is 8.00. The zero-order valence-electron chi connectivity index (χ0n) is 4.33. The lowest BCUT2D eigenvalue weighted by Crippen LogP contribution is -2.17. The third kappa shape index (κ3) is 1.04. The number of carbonyl (C=O) groups excluding carboxylic acids is 1. The molecule has 8 heavy (non-hydrogen) atoms. The van der Waals surface area contributed by atoms with Crippen molar-refractivity contribution in [3.8, 4) is 0 Å². The second-order valence-corrected chi connectivity index (χ2v) is 2.36. The van der Waals surface area contributed by atoms with Crippen LogP contribution in [0.25, 0.3) is 0 Å². The average Bonchev–Trinajstić information content (AvgIpc) is 2.12. The van der Waals surface area contributed by atoms with E-state index in [2.05, 4.69) is 6.92 Å². The molecule has 0 aromatic carbocycles. The van der Waals surface area contributed by atoms with E-state index in [1.165, 1.54) is 11.9 Å². The third-order valence-corrected chi connectivity index (χ3v) is 1.76. The predicted molar refractivity (Wildman–Crippen MR) is 33.8 cm³/mol. The minimum atomic E-state index is -0.125. The molecule has 3 heteroatoms. The number of rotatable bonds is 0. The first-order valence-corrected chi connectivity index (χ1v) is 3.09. The number of hydrogen-bond acceptors (Lipinski definition) is 2. The maximum absolute atomic E-state index is 10.4. The molecule has 0 N–H and O–H groups in total. The topological polar surface area (TPSA) is 20.3 Å². The maximum atomic E-state index is 10.4. The summed E-state index contributed by atoms with van der Waals surface area (Å²) >= 11 is 1.39. The minimum absolute atomic E-state index is 0.125. The number of nitrogens with zero attached hydrogens (tertiary/aromatic N) is 1. The molecule has 0 bridgehead atoms. The highest BCUT2D eigenvalue weighted by atomic mass is 32.2. The standard InChI is InChI=1S/C5H6NOS/c1-5(7)6-3-2-4-8-6/h2,4H,1,3H2. The van der Waals surface area contributed by atoms with E-state index in [0.29, 0.717) is 6.54 Å². The van der Waals surface area contributed by atoms with Gasteiger partial charge in [0.2, 0.25) is 5.91 Å². The molecule has 0 spiro atoms. The Balaban J connectivity index is 2.41. The van der Waals surface area contributed by atoms with Gasteiger partial charge in [-0.2, -0.15) is 0 Å². The van der Waals surface area contributed by atoms with Gasteiger partial charge in [-0.3, -0.25) is 9.10 Å². The Hall–Kier alpha value is -0.440. The summed E-state index contributed by atoms with van der Waals surface area (Å²) in [6.07, 6.45) is 1.92. The molecule has 0 saturated heterocycles. The molecule has 0 fully saturated rings. The van der Waals surface area contributed by atoms with Crippen LogP contribution in [-0.2, 0) is 4.79 Å². The fourth-order valence-electron chi connectivity index (χ4n) is 0.459. The van der Waals surface area contributed by atoms with Crippen LogP contribution < -0.4 is 0 Å². The molecule has 0 aromatic heterocycles. The summed E-state index contributed by atoms with van der Waals surface area (Å²) < 4.78 is 1.58. The molecule has 43 valence electrons. The number of carbonyl (C=O) groups is 1. The van der Waals surface area contributed by atoms with Crippen LogP contribution in [-0.4, -0.2) is 16.8 Å². The van der Waals surface area contributed by atoms with Crippen LogP contribution in [0.4, 0.5) is 0 Å². The van der Waals surface area contributed by atoms with E-state index in [-0.39, 0.29) is 5.91 Å². The number of hydrogen-bond donors (Lipinski definition) is 0. The van der Waals surface area contributed by atoms with Crippen molar-refractivity contribution < 1.29 is 4.79 Å². The van der Waals surface area contributed by atoms with Gasteiger partial charge < -0.3 is 0 Å². The van der Waals surface area contributed by atoms with Gasteiger partial charge in [0.05, 0.1) is 6.54 Å². The SMILES string of the molecule is [CH2]C(=O)N1CC=CS1. The minimum Gasteiger partial charge on any atom is -0.279 e. The molecular weight excluding hydrogens is 122 g/mol. The van der Waals surface area contributed by atoms with Gasteiger partial charge in [-0.25, -0.2) is 0 Å². The smallest absolute Gasteiger partial charge is 0.233 e. The second kappa shape index (κ2) is 2.22. The molecule has 1 heterocycles. The normalized spacial score (nSPS) is 17.4. The second-order valence-electron chi connectivity index (χ2n) is 1.43. The molecule has 0 aliphatic carbocycles. The first kappa shape index (κ1) is 5.69. The van der Waals surface area contributed by atoms with Crippen molar-refractivity contribution in [2.45, 2.75) is 0 Å². The lowest BCUT2D eigenvalue weighted by molar-refractivity contribution is -0.121. The van der Waals surface area contributed by atoms with Crippen LogP contribution in [0, 0.1) is 6.92 Å². The van der Waals surface area contributed by atoms with Gasteiger partial charge in [-0.05, 0) is 17.4 Å². The van der Waals surface area contributed by atoms with Crippen LogP contribution >= 0.6 is 11.9 Å². The van der Waals surface area contributed by atoms with Gasteiger partial charge in [-0.1, -0.05) is 6.08 Å². The molecule has 0 unspecified atom stereocenters. The summed E-state index contributed by atoms with van der Waals surface area (Å²) in [5.74, 6) is -0.125. The van der Waals surface area contributed by atoms with Crippen molar-refractivity contribution in [2.75, 3.05) is 6.54 Å². The zero-order valence-corrected chi connectivity index (χ0v) is 5.15. The molecule has 1 rings (SSSR count). The first-order valence-electron chi connectivity index (χ1n) is 2.26. The van der Waals surface area contributed by atoms with Crippen LogP contribution in [0.15, 0.2) is 11.5 Å². The molecule has 1 aliphatic heterocycles. The Labute approximate surface area is 52.7 Å².